The third-order valence-corrected chi connectivity index (χ3v) is 2.93. The number of hydrogen-bond acceptors (Lipinski definition) is 3. The third kappa shape index (κ3) is 4.25. The van der Waals surface area contributed by atoms with Gasteiger partial charge in [0.2, 0.25) is 0 Å². The van der Waals surface area contributed by atoms with Gasteiger partial charge in [0, 0.05) is 11.8 Å². The van der Waals surface area contributed by atoms with Crippen LogP contribution in [0.4, 0.5) is 23.2 Å². The maximum atomic E-state index is 13.5. The number of hydrogen-bond donors (Lipinski definition) is 1. The van der Waals surface area contributed by atoms with Crippen LogP contribution in [0.15, 0.2) is 40.9 Å². The summed E-state index contributed by atoms with van der Waals surface area (Å²) in [5.74, 6) is -1.06. The maximum Gasteiger partial charge on any atom is 0.573 e. The summed E-state index contributed by atoms with van der Waals surface area (Å²) in [6.45, 7) is 0. The maximum absolute atomic E-state index is 13.5. The van der Waals surface area contributed by atoms with E-state index in [2.05, 4.69) is 20.7 Å². The monoisotopic (exact) mass is 365 g/mol. The highest BCUT2D eigenvalue weighted by Gasteiger charge is 2.32. The number of halogens is 5. The minimum absolute atomic E-state index is 0.0215. The van der Waals surface area contributed by atoms with Gasteiger partial charge in [-0.25, -0.2) is 4.39 Å². The highest BCUT2D eigenvalue weighted by molar-refractivity contribution is 9.10. The van der Waals surface area contributed by atoms with Gasteiger partial charge in [-0.1, -0.05) is 0 Å². The summed E-state index contributed by atoms with van der Waals surface area (Å²) < 4.78 is 59.0. The van der Waals surface area contributed by atoms with Gasteiger partial charge < -0.3 is 15.2 Å². The number of nitrogens with two attached hydrogens (primary N) is 1. The van der Waals surface area contributed by atoms with E-state index >= 15 is 0 Å². The molecule has 2 N–H and O–H groups in total. The van der Waals surface area contributed by atoms with Gasteiger partial charge in [-0.2, -0.15) is 0 Å². The second-order valence-corrected chi connectivity index (χ2v) is 4.79. The second-order valence-electron chi connectivity index (χ2n) is 3.93. The highest BCUT2D eigenvalue weighted by atomic mass is 79.9. The molecular formula is C13H8BrF4NO2. The van der Waals surface area contributed by atoms with E-state index in [4.69, 9.17) is 10.5 Å². The topological polar surface area (TPSA) is 44.5 Å². The van der Waals surface area contributed by atoms with Crippen molar-refractivity contribution in [3.05, 3.63) is 46.7 Å². The molecule has 2 aromatic carbocycles. The molecule has 2 rings (SSSR count). The van der Waals surface area contributed by atoms with Crippen LogP contribution in [0.25, 0.3) is 0 Å². The van der Waals surface area contributed by atoms with Gasteiger partial charge in [0.1, 0.15) is 11.5 Å². The lowest BCUT2D eigenvalue weighted by Gasteiger charge is -2.12. The summed E-state index contributed by atoms with van der Waals surface area (Å²) in [5, 5.41) is 0. The van der Waals surface area contributed by atoms with Gasteiger partial charge in [0.25, 0.3) is 0 Å². The highest BCUT2D eigenvalue weighted by Crippen LogP contribution is 2.35. The van der Waals surface area contributed by atoms with Gasteiger partial charge in [-0.05, 0) is 46.3 Å². The third-order valence-electron chi connectivity index (χ3n) is 2.31. The Hall–Kier alpha value is -1.96. The molecule has 0 heterocycles. The molecule has 112 valence electrons. The first-order valence-electron chi connectivity index (χ1n) is 5.53. The molecule has 8 heteroatoms. The van der Waals surface area contributed by atoms with Crippen molar-refractivity contribution >= 4 is 21.6 Å². The standard InChI is InChI=1S/C13H8BrF4NO2/c14-9-6-8(2-4-11(9)21-13(16,17)18)20-12-3-1-7(19)5-10(12)15/h1-6H,19H2. The average Bonchev–Trinajstić information content (AvgIpc) is 2.35. The zero-order valence-corrected chi connectivity index (χ0v) is 11.8. The molecular weight excluding hydrogens is 358 g/mol. The number of alkyl halides is 3. The molecule has 0 unspecified atom stereocenters. The van der Waals surface area contributed by atoms with E-state index in [0.29, 0.717) is 0 Å². The Balaban J connectivity index is 2.20. The molecule has 2 aromatic rings. The number of ether oxygens (including phenoxy) is 2. The van der Waals surface area contributed by atoms with Crippen molar-refractivity contribution in [1.29, 1.82) is 0 Å². The van der Waals surface area contributed by atoms with Crippen molar-refractivity contribution < 1.29 is 27.0 Å². The average molecular weight is 366 g/mol. The molecule has 0 aliphatic rings. The molecule has 0 fully saturated rings. The Labute approximate surface area is 125 Å². The minimum Gasteiger partial charge on any atom is -0.454 e. The summed E-state index contributed by atoms with van der Waals surface area (Å²) in [6, 6.07) is 7.35. The zero-order valence-electron chi connectivity index (χ0n) is 10.2. The van der Waals surface area contributed by atoms with Crippen LogP contribution < -0.4 is 15.2 Å². The fourth-order valence-electron chi connectivity index (χ4n) is 1.48. The molecule has 0 saturated heterocycles. The Morgan fingerprint density at radius 3 is 2.24 bits per heavy atom. The molecule has 3 nitrogen and oxygen atoms in total. The van der Waals surface area contributed by atoms with Gasteiger partial charge in [0.15, 0.2) is 11.6 Å². The summed E-state index contributed by atoms with van der Waals surface area (Å²) >= 11 is 2.92. The van der Waals surface area contributed by atoms with Crippen LogP contribution in [-0.4, -0.2) is 6.36 Å². The first-order chi connectivity index (χ1) is 9.74. The van der Waals surface area contributed by atoms with Crippen LogP contribution in [0, 0.1) is 5.82 Å². The molecule has 21 heavy (non-hydrogen) atoms. The number of rotatable bonds is 3. The molecule has 0 bridgehead atoms. The Kier molecular flexibility index (Phi) is 4.26. The van der Waals surface area contributed by atoms with Gasteiger partial charge >= 0.3 is 6.36 Å². The number of nitrogen functional groups attached to an aromatic ring is 1. The fraction of sp³-hybridized carbons (Fsp3) is 0.0769. The molecule has 0 aliphatic heterocycles. The molecule has 0 radical (unpaired) electrons. The van der Waals surface area contributed by atoms with E-state index in [1.54, 1.807) is 0 Å². The van der Waals surface area contributed by atoms with E-state index in [1.165, 1.54) is 24.3 Å². The summed E-state index contributed by atoms with van der Waals surface area (Å²) in [6.07, 6.45) is -4.80. The largest absolute Gasteiger partial charge is 0.573 e. The molecule has 0 aliphatic carbocycles. The van der Waals surface area contributed by atoms with Crippen molar-refractivity contribution in [1.82, 2.24) is 0 Å². The lowest BCUT2D eigenvalue weighted by molar-refractivity contribution is -0.274. The van der Waals surface area contributed by atoms with Crippen LogP contribution in [0.3, 0.4) is 0 Å². The van der Waals surface area contributed by atoms with Crippen molar-refractivity contribution in [2.45, 2.75) is 6.36 Å². The van der Waals surface area contributed by atoms with E-state index in [0.717, 1.165) is 12.1 Å². The molecule has 0 saturated carbocycles. The number of anilines is 1. The van der Waals surface area contributed by atoms with Crippen molar-refractivity contribution in [3.63, 3.8) is 0 Å². The first-order valence-corrected chi connectivity index (χ1v) is 6.32. The fourth-order valence-corrected chi connectivity index (χ4v) is 1.92. The van der Waals surface area contributed by atoms with Crippen molar-refractivity contribution in [2.75, 3.05) is 5.73 Å². The lowest BCUT2D eigenvalue weighted by atomic mass is 10.3. The second kappa shape index (κ2) is 5.80. The van der Waals surface area contributed by atoms with Crippen LogP contribution in [0.1, 0.15) is 0 Å². The van der Waals surface area contributed by atoms with Gasteiger partial charge in [-0.3, -0.25) is 0 Å². The van der Waals surface area contributed by atoms with Crippen molar-refractivity contribution in [3.8, 4) is 17.2 Å². The normalized spacial score (nSPS) is 11.3. The first kappa shape index (κ1) is 15.4. The smallest absolute Gasteiger partial charge is 0.454 e. The molecule has 0 aromatic heterocycles. The van der Waals surface area contributed by atoms with Crippen molar-refractivity contribution in [2.24, 2.45) is 0 Å². The van der Waals surface area contributed by atoms with E-state index < -0.39 is 17.9 Å². The van der Waals surface area contributed by atoms with Crippen LogP contribution in [0.2, 0.25) is 0 Å². The van der Waals surface area contributed by atoms with E-state index in [1.807, 2.05) is 0 Å². The zero-order chi connectivity index (χ0) is 15.6. The van der Waals surface area contributed by atoms with Gasteiger partial charge in [0.05, 0.1) is 4.47 Å². The van der Waals surface area contributed by atoms with Crippen LogP contribution >= 0.6 is 15.9 Å². The minimum atomic E-state index is -4.80. The summed E-state index contributed by atoms with van der Waals surface area (Å²) in [7, 11) is 0. The Bertz CT molecular complexity index is 661. The predicted octanol–water partition coefficient (Wildman–Crippen LogP) is 4.86. The molecule has 0 atom stereocenters. The Morgan fingerprint density at radius 2 is 1.67 bits per heavy atom. The summed E-state index contributed by atoms with van der Waals surface area (Å²) in [5.41, 5.74) is 5.63. The molecule has 0 amide bonds. The Morgan fingerprint density at radius 1 is 1.00 bits per heavy atom. The summed E-state index contributed by atoms with van der Waals surface area (Å²) in [4.78, 5) is 0. The predicted molar refractivity (Wildman–Crippen MR) is 71.7 cm³/mol. The van der Waals surface area contributed by atoms with Crippen LogP contribution in [-0.2, 0) is 0 Å². The molecule has 0 spiro atoms. The lowest BCUT2D eigenvalue weighted by Crippen LogP contribution is -2.17. The quantitative estimate of drug-likeness (QED) is 0.623. The SMILES string of the molecule is Nc1ccc(Oc2ccc(OC(F)(F)F)c(Br)c2)c(F)c1. The number of benzene rings is 2. The van der Waals surface area contributed by atoms with Crippen LogP contribution in [0.5, 0.6) is 17.2 Å². The van der Waals surface area contributed by atoms with Gasteiger partial charge in [-0.15, -0.1) is 13.2 Å². The van der Waals surface area contributed by atoms with E-state index in [-0.39, 0.29) is 21.7 Å². The van der Waals surface area contributed by atoms with E-state index in [9.17, 15) is 17.6 Å².